The van der Waals surface area contributed by atoms with Crippen LogP contribution in [0.5, 0.6) is 11.5 Å². The van der Waals surface area contributed by atoms with E-state index in [-0.39, 0.29) is 18.1 Å². The Hall–Kier alpha value is -2.02. The minimum atomic E-state index is -0.614. The number of hydrogen-bond acceptors (Lipinski definition) is 5. The van der Waals surface area contributed by atoms with Gasteiger partial charge >= 0.3 is 0 Å². The number of Topliss-reactive ketones (excluding diaryl/α,β-unsaturated/α-hetero) is 1. The molecule has 0 bridgehead atoms. The Labute approximate surface area is 135 Å². The fourth-order valence-electron chi connectivity index (χ4n) is 2.76. The first-order valence-electron chi connectivity index (χ1n) is 6.75. The molecule has 0 spiro atoms. The lowest BCUT2D eigenvalue weighted by molar-refractivity contribution is -0.129. The summed E-state index contributed by atoms with van der Waals surface area (Å²) in [6.07, 6.45) is 0. The fraction of sp³-hybridized carbons (Fsp3) is 0.333. The van der Waals surface area contributed by atoms with E-state index in [2.05, 4.69) is 15.9 Å². The number of amides is 1. The number of halogens is 1. The molecule has 1 amide bonds. The Morgan fingerprint density at radius 2 is 2.14 bits per heavy atom. The molecule has 0 unspecified atom stereocenters. The lowest BCUT2D eigenvalue weighted by atomic mass is 9.96. The number of ether oxygens (including phenoxy) is 2. The zero-order valence-electron chi connectivity index (χ0n) is 11.8. The largest absolute Gasteiger partial charge is 0.503 e. The summed E-state index contributed by atoms with van der Waals surface area (Å²) < 4.78 is 10.6. The SMILES string of the molecule is CC(=O)C1=C(O)C(=O)N(CCBr)[C@H]1c1ccc2c(c1)OCO2. The van der Waals surface area contributed by atoms with Crippen molar-refractivity contribution >= 4 is 27.6 Å². The predicted molar refractivity (Wildman–Crippen MR) is 81.1 cm³/mol. The van der Waals surface area contributed by atoms with Crippen LogP contribution in [0.2, 0.25) is 0 Å². The maximum absolute atomic E-state index is 12.2. The molecule has 2 heterocycles. The maximum atomic E-state index is 12.2. The van der Waals surface area contributed by atoms with Gasteiger partial charge in [-0.15, -0.1) is 0 Å². The van der Waals surface area contributed by atoms with Crippen LogP contribution in [0, 0.1) is 0 Å². The molecule has 1 aromatic carbocycles. The summed E-state index contributed by atoms with van der Waals surface area (Å²) in [6.45, 7) is 1.86. The van der Waals surface area contributed by atoms with Gasteiger partial charge in [-0.25, -0.2) is 0 Å². The number of alkyl halides is 1. The number of rotatable bonds is 4. The summed E-state index contributed by atoms with van der Waals surface area (Å²) in [6, 6.07) is 4.64. The number of carbonyl (C=O) groups is 2. The molecule has 0 aliphatic carbocycles. The fourth-order valence-corrected chi connectivity index (χ4v) is 3.15. The van der Waals surface area contributed by atoms with Crippen LogP contribution in [0.1, 0.15) is 18.5 Å². The van der Waals surface area contributed by atoms with Gasteiger partial charge in [-0.1, -0.05) is 22.0 Å². The molecule has 0 saturated heterocycles. The molecule has 1 N–H and O–H groups in total. The Bertz CT molecular complexity index is 685. The number of carbonyl (C=O) groups excluding carboxylic acids is 2. The van der Waals surface area contributed by atoms with E-state index in [9.17, 15) is 14.7 Å². The number of fused-ring (bicyclic) bond motifs is 1. The van der Waals surface area contributed by atoms with Gasteiger partial charge in [-0.3, -0.25) is 9.59 Å². The average Bonchev–Trinajstić information content (AvgIpc) is 3.04. The van der Waals surface area contributed by atoms with Gasteiger partial charge < -0.3 is 19.5 Å². The summed E-state index contributed by atoms with van der Waals surface area (Å²) in [5, 5.41) is 10.6. The van der Waals surface area contributed by atoms with Crippen LogP contribution in [0.3, 0.4) is 0 Å². The molecule has 3 rings (SSSR count). The Balaban J connectivity index is 2.08. The van der Waals surface area contributed by atoms with Gasteiger partial charge in [-0.2, -0.15) is 0 Å². The van der Waals surface area contributed by atoms with Crippen LogP contribution in [-0.2, 0) is 9.59 Å². The molecule has 0 fully saturated rings. The van der Waals surface area contributed by atoms with E-state index >= 15 is 0 Å². The third kappa shape index (κ3) is 2.25. The Kier molecular flexibility index (Phi) is 3.82. The molecule has 116 valence electrons. The molecule has 1 aromatic rings. The summed E-state index contributed by atoms with van der Waals surface area (Å²) >= 11 is 3.29. The van der Waals surface area contributed by atoms with Gasteiger partial charge in [-0.05, 0) is 24.6 Å². The van der Waals surface area contributed by atoms with Crippen molar-refractivity contribution in [2.24, 2.45) is 0 Å². The molecule has 0 aromatic heterocycles. The molecule has 2 aliphatic heterocycles. The van der Waals surface area contributed by atoms with E-state index in [1.165, 1.54) is 11.8 Å². The number of aliphatic hydroxyl groups excluding tert-OH is 1. The monoisotopic (exact) mass is 367 g/mol. The first kappa shape index (κ1) is 14.9. The molecule has 0 radical (unpaired) electrons. The smallest absolute Gasteiger partial charge is 0.290 e. The number of nitrogens with zero attached hydrogens (tertiary/aromatic N) is 1. The lowest BCUT2D eigenvalue weighted by Crippen LogP contribution is -2.32. The number of aliphatic hydroxyl groups is 1. The van der Waals surface area contributed by atoms with Crippen LogP contribution < -0.4 is 9.47 Å². The van der Waals surface area contributed by atoms with Crippen molar-refractivity contribution in [3.8, 4) is 11.5 Å². The van der Waals surface area contributed by atoms with Gasteiger partial charge in [0.2, 0.25) is 6.79 Å². The molecule has 2 aliphatic rings. The standard InChI is InChI=1S/C15H14BrNO5/c1-8(18)12-13(17(5-4-16)15(20)14(12)19)9-2-3-10-11(6-9)22-7-21-10/h2-3,6,13,19H,4-5,7H2,1H3/t13-/m0/s1. The van der Waals surface area contributed by atoms with Crippen molar-refractivity contribution in [2.75, 3.05) is 18.7 Å². The highest BCUT2D eigenvalue weighted by Crippen LogP contribution is 2.41. The van der Waals surface area contributed by atoms with E-state index in [1.807, 2.05) is 0 Å². The van der Waals surface area contributed by atoms with E-state index < -0.39 is 17.7 Å². The van der Waals surface area contributed by atoms with Crippen molar-refractivity contribution < 1.29 is 24.2 Å². The van der Waals surface area contributed by atoms with E-state index in [0.29, 0.717) is 28.9 Å². The number of ketones is 1. The predicted octanol–water partition coefficient (Wildman–Crippen LogP) is 2.09. The second-order valence-electron chi connectivity index (χ2n) is 5.02. The number of hydrogen-bond donors (Lipinski definition) is 1. The lowest BCUT2D eigenvalue weighted by Gasteiger charge is -2.26. The molecular weight excluding hydrogens is 354 g/mol. The molecular formula is C15H14BrNO5. The second kappa shape index (κ2) is 5.64. The quantitative estimate of drug-likeness (QED) is 0.824. The van der Waals surface area contributed by atoms with Gasteiger partial charge in [0.15, 0.2) is 23.0 Å². The average molecular weight is 368 g/mol. The third-order valence-corrected chi connectivity index (χ3v) is 4.08. The third-order valence-electron chi connectivity index (χ3n) is 3.72. The van der Waals surface area contributed by atoms with Crippen LogP contribution in [-0.4, -0.2) is 40.4 Å². The summed E-state index contributed by atoms with van der Waals surface area (Å²) in [4.78, 5) is 25.6. The zero-order valence-corrected chi connectivity index (χ0v) is 13.4. The van der Waals surface area contributed by atoms with Crippen LogP contribution in [0.4, 0.5) is 0 Å². The van der Waals surface area contributed by atoms with Crippen molar-refractivity contribution in [1.29, 1.82) is 0 Å². The van der Waals surface area contributed by atoms with E-state index in [0.717, 1.165) is 0 Å². The Morgan fingerprint density at radius 3 is 2.82 bits per heavy atom. The van der Waals surface area contributed by atoms with Gasteiger partial charge in [0.1, 0.15) is 0 Å². The van der Waals surface area contributed by atoms with E-state index in [4.69, 9.17) is 9.47 Å². The van der Waals surface area contributed by atoms with E-state index in [1.54, 1.807) is 18.2 Å². The van der Waals surface area contributed by atoms with Crippen LogP contribution >= 0.6 is 15.9 Å². The minimum Gasteiger partial charge on any atom is -0.503 e. The number of benzene rings is 1. The summed E-state index contributed by atoms with van der Waals surface area (Å²) in [5.41, 5.74) is 0.817. The van der Waals surface area contributed by atoms with Crippen LogP contribution in [0.25, 0.3) is 0 Å². The second-order valence-corrected chi connectivity index (χ2v) is 5.81. The topological polar surface area (TPSA) is 76.1 Å². The highest BCUT2D eigenvalue weighted by Gasteiger charge is 2.42. The summed E-state index contributed by atoms with van der Waals surface area (Å²) in [7, 11) is 0. The van der Waals surface area contributed by atoms with Crippen LogP contribution in [0.15, 0.2) is 29.5 Å². The first-order valence-corrected chi connectivity index (χ1v) is 7.87. The van der Waals surface area contributed by atoms with Crippen molar-refractivity contribution in [3.63, 3.8) is 0 Å². The van der Waals surface area contributed by atoms with Gasteiger partial charge in [0.25, 0.3) is 5.91 Å². The van der Waals surface area contributed by atoms with Gasteiger partial charge in [0, 0.05) is 11.9 Å². The zero-order chi connectivity index (χ0) is 15.9. The first-order chi connectivity index (χ1) is 10.5. The molecule has 7 heteroatoms. The molecule has 22 heavy (non-hydrogen) atoms. The van der Waals surface area contributed by atoms with Crippen molar-refractivity contribution in [2.45, 2.75) is 13.0 Å². The molecule has 6 nitrogen and oxygen atoms in total. The van der Waals surface area contributed by atoms with Crippen molar-refractivity contribution in [1.82, 2.24) is 4.90 Å². The maximum Gasteiger partial charge on any atom is 0.290 e. The van der Waals surface area contributed by atoms with Crippen molar-refractivity contribution in [3.05, 3.63) is 35.1 Å². The Morgan fingerprint density at radius 1 is 1.41 bits per heavy atom. The summed E-state index contributed by atoms with van der Waals surface area (Å²) in [5.74, 6) is -0.148. The van der Waals surface area contributed by atoms with Gasteiger partial charge in [0.05, 0.1) is 11.6 Å². The molecule has 0 saturated carbocycles. The highest BCUT2D eigenvalue weighted by molar-refractivity contribution is 9.09. The normalized spacial score (nSPS) is 20.0. The highest BCUT2D eigenvalue weighted by atomic mass is 79.9. The minimum absolute atomic E-state index is 0.116. The molecule has 1 atom stereocenters.